The number of alkyl carbamates (subject to hydrolysis) is 1. The lowest BCUT2D eigenvalue weighted by atomic mass is 9.85. The summed E-state index contributed by atoms with van der Waals surface area (Å²) in [6.45, 7) is 8.85. The Bertz CT molecular complexity index is 1130. The molecule has 10 nitrogen and oxygen atoms in total. The first-order valence-corrected chi connectivity index (χ1v) is 14.0. The molecule has 224 valence electrons. The highest BCUT2D eigenvalue weighted by molar-refractivity contribution is 5.88. The first kappa shape index (κ1) is 33.3. The molecule has 2 rings (SSSR count). The summed E-state index contributed by atoms with van der Waals surface area (Å²) in [7, 11) is 0. The molecule has 4 amide bonds. The van der Waals surface area contributed by atoms with Crippen molar-refractivity contribution in [2.75, 3.05) is 0 Å². The van der Waals surface area contributed by atoms with Gasteiger partial charge in [-0.3, -0.25) is 14.4 Å². The number of carbonyl (C=O) groups excluding carboxylic acids is 4. The molecule has 6 N–H and O–H groups in total. The summed E-state index contributed by atoms with van der Waals surface area (Å²) in [5.41, 5.74) is 7.16. The van der Waals surface area contributed by atoms with E-state index >= 15 is 0 Å². The van der Waals surface area contributed by atoms with Gasteiger partial charge in [-0.1, -0.05) is 88.4 Å². The van der Waals surface area contributed by atoms with E-state index in [-0.39, 0.29) is 24.9 Å². The van der Waals surface area contributed by atoms with Gasteiger partial charge < -0.3 is 31.5 Å². The average molecular weight is 569 g/mol. The Morgan fingerprint density at radius 2 is 1.34 bits per heavy atom. The predicted octanol–water partition coefficient (Wildman–Crippen LogP) is 2.68. The molecule has 0 fully saturated rings. The molecule has 0 spiro atoms. The fraction of sp³-hybridized carbons (Fsp3) is 0.484. The molecule has 0 radical (unpaired) electrons. The van der Waals surface area contributed by atoms with Crippen molar-refractivity contribution in [3.8, 4) is 0 Å². The van der Waals surface area contributed by atoms with Crippen LogP contribution in [0.2, 0.25) is 0 Å². The second-order valence-electron chi connectivity index (χ2n) is 11.0. The predicted molar refractivity (Wildman–Crippen MR) is 156 cm³/mol. The summed E-state index contributed by atoms with van der Waals surface area (Å²) in [6.07, 6.45) is -1.53. The molecule has 0 unspecified atom stereocenters. The number of benzene rings is 2. The van der Waals surface area contributed by atoms with Crippen molar-refractivity contribution < 1.29 is 29.0 Å². The van der Waals surface area contributed by atoms with Gasteiger partial charge in [0.2, 0.25) is 17.7 Å². The smallest absolute Gasteiger partial charge is 0.408 e. The molecule has 0 aliphatic heterocycles. The molecule has 0 aliphatic rings. The number of primary amides is 1. The third-order valence-corrected chi connectivity index (χ3v) is 6.94. The standard InChI is InChI=1S/C31H44N4O6/c1-19(2)24(30(39)35-27(20(3)4)28(32)37)17-26(36)25(16-22-12-8-6-9-13-22)34-29(38)21(5)33-31(40)41-18-23-14-10-7-11-15-23/h6-15,19-21,24-27,36H,16-18H2,1-5H3,(H2,32,37)(H,33,40)(H,34,38)(H,35,39)/t21-,24-,25-,26-,27-/m0/s1. The SMILES string of the molecule is CC(C)[C@H](C[C@H](O)[C@H](Cc1ccccc1)NC(=O)[C@H](C)NC(=O)OCc1ccccc1)C(=O)N[C@H](C(N)=O)C(C)C. The molecular formula is C31H44N4O6. The Labute approximate surface area is 242 Å². The van der Waals surface area contributed by atoms with E-state index < -0.39 is 54.0 Å². The second kappa shape index (κ2) is 16.4. The molecule has 0 saturated carbocycles. The third kappa shape index (κ3) is 11.2. The number of aliphatic hydroxyl groups excluding tert-OH is 1. The lowest BCUT2D eigenvalue weighted by Gasteiger charge is -2.31. The summed E-state index contributed by atoms with van der Waals surface area (Å²) >= 11 is 0. The van der Waals surface area contributed by atoms with Crippen molar-refractivity contribution in [1.29, 1.82) is 0 Å². The van der Waals surface area contributed by atoms with E-state index in [2.05, 4.69) is 16.0 Å². The van der Waals surface area contributed by atoms with Crippen LogP contribution in [0, 0.1) is 17.8 Å². The van der Waals surface area contributed by atoms with Gasteiger partial charge in [-0.05, 0) is 42.7 Å². The Morgan fingerprint density at radius 1 is 0.780 bits per heavy atom. The summed E-state index contributed by atoms with van der Waals surface area (Å²) in [6, 6.07) is 15.9. The minimum absolute atomic E-state index is 0.0335. The van der Waals surface area contributed by atoms with E-state index in [1.807, 2.05) is 74.5 Å². The number of hydrogen-bond donors (Lipinski definition) is 5. The molecule has 5 atom stereocenters. The zero-order valence-corrected chi connectivity index (χ0v) is 24.5. The molecule has 0 aliphatic carbocycles. The van der Waals surface area contributed by atoms with E-state index in [1.165, 1.54) is 6.92 Å². The van der Waals surface area contributed by atoms with Gasteiger partial charge in [-0.15, -0.1) is 0 Å². The first-order valence-electron chi connectivity index (χ1n) is 14.0. The zero-order chi connectivity index (χ0) is 30.5. The molecule has 0 bridgehead atoms. The van der Waals surface area contributed by atoms with Crippen LogP contribution in [-0.2, 0) is 32.1 Å². The van der Waals surface area contributed by atoms with Gasteiger partial charge in [0.15, 0.2) is 0 Å². The largest absolute Gasteiger partial charge is 0.445 e. The van der Waals surface area contributed by atoms with E-state index in [4.69, 9.17) is 10.5 Å². The second-order valence-corrected chi connectivity index (χ2v) is 11.0. The van der Waals surface area contributed by atoms with Gasteiger partial charge in [0.05, 0.1) is 12.1 Å². The van der Waals surface area contributed by atoms with Crippen molar-refractivity contribution >= 4 is 23.8 Å². The lowest BCUT2D eigenvalue weighted by Crippen LogP contribution is -2.54. The van der Waals surface area contributed by atoms with Crippen molar-refractivity contribution in [1.82, 2.24) is 16.0 Å². The van der Waals surface area contributed by atoms with E-state index in [1.54, 1.807) is 13.8 Å². The van der Waals surface area contributed by atoms with E-state index in [0.717, 1.165) is 11.1 Å². The number of amides is 4. The number of ether oxygens (including phenoxy) is 1. The molecule has 10 heteroatoms. The average Bonchev–Trinajstić information content (AvgIpc) is 2.93. The number of aliphatic hydroxyl groups is 1. The van der Waals surface area contributed by atoms with Crippen LogP contribution in [0.1, 0.15) is 52.2 Å². The van der Waals surface area contributed by atoms with Crippen molar-refractivity contribution in [2.24, 2.45) is 23.5 Å². The maximum absolute atomic E-state index is 13.2. The fourth-order valence-corrected chi connectivity index (χ4v) is 4.40. The quantitative estimate of drug-likeness (QED) is 0.222. The Kier molecular flexibility index (Phi) is 13.3. The van der Waals surface area contributed by atoms with Crippen LogP contribution in [0.3, 0.4) is 0 Å². The van der Waals surface area contributed by atoms with Gasteiger partial charge >= 0.3 is 6.09 Å². The van der Waals surface area contributed by atoms with Gasteiger partial charge in [-0.2, -0.15) is 0 Å². The highest BCUT2D eigenvalue weighted by atomic mass is 16.5. The fourth-order valence-electron chi connectivity index (χ4n) is 4.40. The number of nitrogens with one attached hydrogen (secondary N) is 3. The molecule has 0 aromatic heterocycles. The van der Waals surface area contributed by atoms with Crippen LogP contribution >= 0.6 is 0 Å². The highest BCUT2D eigenvalue weighted by Crippen LogP contribution is 2.21. The molecule has 2 aromatic rings. The Hall–Kier alpha value is -3.92. The van der Waals surface area contributed by atoms with Crippen LogP contribution in [0.5, 0.6) is 0 Å². The summed E-state index contributed by atoms with van der Waals surface area (Å²) in [4.78, 5) is 50.4. The van der Waals surface area contributed by atoms with Crippen molar-refractivity contribution in [3.05, 3.63) is 71.8 Å². The minimum atomic E-state index is -1.11. The molecular weight excluding hydrogens is 524 g/mol. The summed E-state index contributed by atoms with van der Waals surface area (Å²) in [5.74, 6) is -2.55. The topological polar surface area (TPSA) is 160 Å². The lowest BCUT2D eigenvalue weighted by molar-refractivity contribution is -0.132. The van der Waals surface area contributed by atoms with Crippen LogP contribution < -0.4 is 21.7 Å². The van der Waals surface area contributed by atoms with Gasteiger partial charge in [-0.25, -0.2) is 4.79 Å². The molecule has 0 saturated heterocycles. The van der Waals surface area contributed by atoms with Gasteiger partial charge in [0, 0.05) is 5.92 Å². The third-order valence-electron chi connectivity index (χ3n) is 6.94. The summed E-state index contributed by atoms with van der Waals surface area (Å²) in [5, 5.41) is 19.4. The van der Waals surface area contributed by atoms with Gasteiger partial charge in [0.1, 0.15) is 18.7 Å². The number of nitrogens with two attached hydrogens (primary N) is 1. The van der Waals surface area contributed by atoms with Crippen LogP contribution in [-0.4, -0.2) is 53.2 Å². The highest BCUT2D eigenvalue weighted by Gasteiger charge is 2.33. The minimum Gasteiger partial charge on any atom is -0.445 e. The maximum atomic E-state index is 13.2. The Morgan fingerprint density at radius 3 is 1.85 bits per heavy atom. The zero-order valence-electron chi connectivity index (χ0n) is 24.5. The molecule has 0 heterocycles. The number of hydrogen-bond acceptors (Lipinski definition) is 6. The number of carbonyl (C=O) groups is 4. The number of rotatable bonds is 15. The monoisotopic (exact) mass is 568 g/mol. The molecule has 2 aromatic carbocycles. The molecule has 41 heavy (non-hydrogen) atoms. The van der Waals surface area contributed by atoms with E-state index in [0.29, 0.717) is 6.42 Å². The van der Waals surface area contributed by atoms with Crippen molar-refractivity contribution in [2.45, 2.75) is 78.3 Å². The van der Waals surface area contributed by atoms with Crippen LogP contribution in [0.15, 0.2) is 60.7 Å². The van der Waals surface area contributed by atoms with Crippen LogP contribution in [0.25, 0.3) is 0 Å². The summed E-state index contributed by atoms with van der Waals surface area (Å²) < 4.78 is 5.21. The first-order chi connectivity index (χ1) is 19.4. The van der Waals surface area contributed by atoms with Crippen LogP contribution in [0.4, 0.5) is 4.79 Å². The van der Waals surface area contributed by atoms with Crippen molar-refractivity contribution in [3.63, 3.8) is 0 Å². The Balaban J connectivity index is 2.11. The van der Waals surface area contributed by atoms with E-state index in [9.17, 15) is 24.3 Å². The maximum Gasteiger partial charge on any atom is 0.408 e. The normalized spacial score (nSPS) is 14.8. The van der Waals surface area contributed by atoms with Gasteiger partial charge in [0.25, 0.3) is 0 Å².